The summed E-state index contributed by atoms with van der Waals surface area (Å²) in [5.74, 6) is -2.27. The van der Waals surface area contributed by atoms with Crippen LogP contribution in [0, 0.1) is 5.82 Å². The van der Waals surface area contributed by atoms with Gasteiger partial charge in [-0.05, 0) is 50.8 Å². The zero-order valence-corrected chi connectivity index (χ0v) is 13.5. The molecule has 0 saturated heterocycles. The van der Waals surface area contributed by atoms with Gasteiger partial charge in [-0.3, -0.25) is 0 Å². The van der Waals surface area contributed by atoms with Crippen molar-refractivity contribution < 1.29 is 31.6 Å². The van der Waals surface area contributed by atoms with Crippen LogP contribution in [0.2, 0.25) is 0 Å². The highest BCUT2D eigenvalue weighted by atomic mass is 32.2. The zero-order valence-electron chi connectivity index (χ0n) is 12.7. The number of carbonyl (C=O) groups excluding carboxylic acids is 1. The topological polar surface area (TPSA) is 92.7 Å². The van der Waals surface area contributed by atoms with E-state index in [1.807, 2.05) is 6.92 Å². The van der Waals surface area contributed by atoms with Crippen molar-refractivity contribution in [2.24, 2.45) is 0 Å². The molecule has 0 heterocycles. The van der Waals surface area contributed by atoms with Gasteiger partial charge in [0.05, 0.1) is 21.4 Å². The normalized spacial score (nSPS) is 17.0. The smallest absolute Gasteiger partial charge is 0.338 e. The van der Waals surface area contributed by atoms with Crippen LogP contribution < -0.4 is 4.74 Å². The molecule has 0 bridgehead atoms. The molecule has 1 saturated carbocycles. The molecule has 0 aromatic heterocycles. The number of hydrogen-bond donors (Lipinski definition) is 0. The molecule has 8 heteroatoms. The van der Waals surface area contributed by atoms with E-state index in [1.165, 1.54) is 12.1 Å². The van der Waals surface area contributed by atoms with Gasteiger partial charge in [-0.25, -0.2) is 17.6 Å². The van der Waals surface area contributed by atoms with Crippen LogP contribution in [-0.2, 0) is 14.9 Å². The standard InChI is InChI=1S/C15H19FO6S/c1-15(6-2-3-7-15)22-13-10-11(4-5-12(13)16)14(17)21-8-9-23(18,19)20/h4-5,10H,2-3,6-9H2,1H3,(H,18,19,20)/p-1. The molecule has 0 atom stereocenters. The largest absolute Gasteiger partial charge is 0.748 e. The predicted octanol–water partition coefficient (Wildman–Crippen LogP) is 2.24. The molecule has 0 amide bonds. The highest BCUT2D eigenvalue weighted by molar-refractivity contribution is 7.85. The Morgan fingerprint density at radius 2 is 2.00 bits per heavy atom. The summed E-state index contributed by atoms with van der Waals surface area (Å²) in [6, 6.07) is 3.54. The summed E-state index contributed by atoms with van der Waals surface area (Å²) in [6.45, 7) is 1.35. The Morgan fingerprint density at radius 1 is 1.35 bits per heavy atom. The van der Waals surface area contributed by atoms with E-state index in [-0.39, 0.29) is 11.3 Å². The van der Waals surface area contributed by atoms with Crippen molar-refractivity contribution in [2.75, 3.05) is 12.4 Å². The van der Waals surface area contributed by atoms with E-state index < -0.39 is 39.9 Å². The third kappa shape index (κ3) is 5.18. The Kier molecular flexibility index (Phi) is 5.26. The van der Waals surface area contributed by atoms with Crippen molar-refractivity contribution in [3.05, 3.63) is 29.6 Å². The number of esters is 1. The maximum atomic E-state index is 13.9. The van der Waals surface area contributed by atoms with Gasteiger partial charge in [-0.15, -0.1) is 0 Å². The maximum Gasteiger partial charge on any atom is 0.338 e. The molecular formula is C15H18FO6S-. The van der Waals surface area contributed by atoms with Crippen LogP contribution in [0.25, 0.3) is 0 Å². The molecule has 0 aliphatic heterocycles. The first-order valence-corrected chi connectivity index (χ1v) is 8.86. The molecule has 0 unspecified atom stereocenters. The van der Waals surface area contributed by atoms with Gasteiger partial charge in [0.2, 0.25) is 0 Å². The molecule has 1 aromatic carbocycles. The van der Waals surface area contributed by atoms with Crippen molar-refractivity contribution in [2.45, 2.75) is 38.2 Å². The van der Waals surface area contributed by atoms with Gasteiger partial charge in [0.15, 0.2) is 11.6 Å². The molecule has 2 rings (SSSR count). The van der Waals surface area contributed by atoms with E-state index in [0.717, 1.165) is 31.7 Å². The van der Waals surface area contributed by atoms with E-state index in [2.05, 4.69) is 0 Å². The van der Waals surface area contributed by atoms with Crippen molar-refractivity contribution in [3.63, 3.8) is 0 Å². The molecule has 0 N–H and O–H groups in total. The lowest BCUT2D eigenvalue weighted by atomic mass is 10.1. The quantitative estimate of drug-likeness (QED) is 0.580. The summed E-state index contributed by atoms with van der Waals surface area (Å²) >= 11 is 0. The van der Waals surface area contributed by atoms with E-state index in [0.29, 0.717) is 0 Å². The van der Waals surface area contributed by atoms with Crippen molar-refractivity contribution >= 4 is 16.1 Å². The molecule has 1 aliphatic rings. The van der Waals surface area contributed by atoms with E-state index in [9.17, 15) is 22.2 Å². The van der Waals surface area contributed by atoms with Gasteiger partial charge in [0, 0.05) is 0 Å². The van der Waals surface area contributed by atoms with E-state index in [1.54, 1.807) is 0 Å². The molecule has 23 heavy (non-hydrogen) atoms. The molecule has 6 nitrogen and oxygen atoms in total. The average molecular weight is 345 g/mol. The first kappa shape index (κ1) is 17.7. The van der Waals surface area contributed by atoms with Gasteiger partial charge >= 0.3 is 5.97 Å². The lowest BCUT2D eigenvalue weighted by Crippen LogP contribution is -2.28. The van der Waals surface area contributed by atoms with E-state index in [4.69, 9.17) is 9.47 Å². The second kappa shape index (κ2) is 6.84. The summed E-state index contributed by atoms with van der Waals surface area (Å²) in [7, 11) is -4.45. The van der Waals surface area contributed by atoms with Crippen LogP contribution in [0.4, 0.5) is 4.39 Å². The summed E-state index contributed by atoms with van der Waals surface area (Å²) in [5, 5.41) is 0. The summed E-state index contributed by atoms with van der Waals surface area (Å²) in [6.07, 6.45) is 3.62. The third-order valence-corrected chi connectivity index (χ3v) is 4.42. The van der Waals surface area contributed by atoms with Crippen molar-refractivity contribution in [3.8, 4) is 5.75 Å². The number of hydrogen-bond acceptors (Lipinski definition) is 6. The van der Waals surface area contributed by atoms with E-state index >= 15 is 0 Å². The second-order valence-electron chi connectivity index (χ2n) is 5.80. The Bertz CT molecular complexity index is 679. The van der Waals surface area contributed by atoms with Crippen LogP contribution in [-0.4, -0.2) is 36.9 Å². The van der Waals surface area contributed by atoms with Crippen LogP contribution in [0.15, 0.2) is 18.2 Å². The number of ether oxygens (including phenoxy) is 2. The summed E-state index contributed by atoms with van der Waals surface area (Å²) < 4.78 is 55.7. The highest BCUT2D eigenvalue weighted by Gasteiger charge is 2.31. The molecule has 0 radical (unpaired) electrons. The fourth-order valence-electron chi connectivity index (χ4n) is 2.52. The van der Waals surface area contributed by atoms with Crippen LogP contribution in [0.5, 0.6) is 5.75 Å². The third-order valence-electron chi connectivity index (χ3n) is 3.75. The predicted molar refractivity (Wildman–Crippen MR) is 78.7 cm³/mol. The number of carbonyl (C=O) groups is 1. The van der Waals surface area contributed by atoms with Crippen LogP contribution >= 0.6 is 0 Å². The first-order chi connectivity index (χ1) is 10.7. The van der Waals surface area contributed by atoms with Gasteiger partial charge in [-0.1, -0.05) is 0 Å². The number of rotatable bonds is 6. The minimum Gasteiger partial charge on any atom is -0.748 e. The average Bonchev–Trinajstić information content (AvgIpc) is 2.86. The summed E-state index contributed by atoms with van der Waals surface area (Å²) in [5.41, 5.74) is -0.425. The molecule has 0 spiro atoms. The fourth-order valence-corrected chi connectivity index (χ4v) is 2.81. The fraction of sp³-hybridized carbons (Fsp3) is 0.533. The van der Waals surface area contributed by atoms with Crippen LogP contribution in [0.3, 0.4) is 0 Å². The molecule has 1 aromatic rings. The molecule has 128 valence electrons. The highest BCUT2D eigenvalue weighted by Crippen LogP contribution is 2.35. The minimum absolute atomic E-state index is 0.0336. The van der Waals surface area contributed by atoms with Gasteiger partial charge in [0.25, 0.3) is 0 Å². The van der Waals surface area contributed by atoms with Gasteiger partial charge in [0.1, 0.15) is 12.2 Å². The first-order valence-electron chi connectivity index (χ1n) is 7.28. The SMILES string of the molecule is CC1(Oc2cc(C(=O)OCCS(=O)(=O)[O-])ccc2F)CCCC1. The van der Waals surface area contributed by atoms with Gasteiger partial charge < -0.3 is 14.0 Å². The maximum absolute atomic E-state index is 13.9. The Labute approximate surface area is 134 Å². The second-order valence-corrected chi connectivity index (χ2v) is 7.33. The molecule has 1 aliphatic carbocycles. The van der Waals surface area contributed by atoms with Crippen molar-refractivity contribution in [1.82, 2.24) is 0 Å². The molecule has 1 fully saturated rings. The number of halogens is 1. The van der Waals surface area contributed by atoms with Crippen LogP contribution in [0.1, 0.15) is 43.0 Å². The lowest BCUT2D eigenvalue weighted by Gasteiger charge is -2.26. The van der Waals surface area contributed by atoms with Gasteiger partial charge in [-0.2, -0.15) is 0 Å². The summed E-state index contributed by atoms with van der Waals surface area (Å²) in [4.78, 5) is 11.8. The van der Waals surface area contributed by atoms with Crippen molar-refractivity contribution in [1.29, 1.82) is 0 Å². The monoisotopic (exact) mass is 345 g/mol. The number of benzene rings is 1. The molecular weight excluding hydrogens is 327 g/mol. The Morgan fingerprint density at radius 3 is 2.61 bits per heavy atom. The zero-order chi connectivity index (χ0) is 17.1. The minimum atomic E-state index is -4.45. The Balaban J connectivity index is 2.05. The lowest BCUT2D eigenvalue weighted by molar-refractivity contribution is 0.0524. The Hall–Kier alpha value is -1.67.